The number of nitrogens with one attached hydrogen (secondary N) is 1. The van der Waals surface area contributed by atoms with E-state index >= 15 is 0 Å². The van der Waals surface area contributed by atoms with Crippen LogP contribution in [-0.4, -0.2) is 21.9 Å². The number of aryl methyl sites for hydroxylation is 1. The van der Waals surface area contributed by atoms with Crippen LogP contribution in [-0.2, 0) is 11.3 Å². The fraction of sp³-hybridized carbons (Fsp3) is 0.263. The SMILES string of the molecule is CC(=O)c1cc(C#N)c(SC(C)C(=O)NCc2ccccc2Cl)nc1C. The van der Waals surface area contributed by atoms with Crippen molar-refractivity contribution in [3.8, 4) is 6.07 Å². The highest BCUT2D eigenvalue weighted by Crippen LogP contribution is 2.27. The monoisotopic (exact) mass is 387 g/mol. The van der Waals surface area contributed by atoms with Gasteiger partial charge in [0.1, 0.15) is 11.1 Å². The predicted octanol–water partition coefficient (Wildman–Crippen LogP) is 3.91. The van der Waals surface area contributed by atoms with Crippen molar-refractivity contribution in [3.05, 3.63) is 57.7 Å². The number of hydrogen-bond acceptors (Lipinski definition) is 5. The molecule has 0 fully saturated rings. The van der Waals surface area contributed by atoms with E-state index in [1.807, 2.05) is 24.3 Å². The fourth-order valence-electron chi connectivity index (χ4n) is 2.30. The van der Waals surface area contributed by atoms with Crippen molar-refractivity contribution >= 4 is 35.1 Å². The Bertz CT molecular complexity index is 893. The minimum atomic E-state index is -0.459. The number of halogens is 1. The van der Waals surface area contributed by atoms with E-state index in [0.29, 0.717) is 27.9 Å². The van der Waals surface area contributed by atoms with Crippen LogP contribution in [0, 0.1) is 18.3 Å². The molecule has 0 spiro atoms. The van der Waals surface area contributed by atoms with Crippen molar-refractivity contribution in [2.45, 2.75) is 37.6 Å². The number of amides is 1. The number of rotatable bonds is 6. The van der Waals surface area contributed by atoms with Crippen LogP contribution >= 0.6 is 23.4 Å². The molecule has 1 unspecified atom stereocenters. The second kappa shape index (κ2) is 8.84. The molecule has 1 aromatic heterocycles. The Kier molecular flexibility index (Phi) is 6.78. The third-order valence-corrected chi connectivity index (χ3v) is 5.22. The number of ketones is 1. The van der Waals surface area contributed by atoms with Gasteiger partial charge in [0.05, 0.1) is 10.8 Å². The molecule has 2 rings (SSSR count). The van der Waals surface area contributed by atoms with Crippen LogP contribution in [0.4, 0.5) is 0 Å². The number of benzene rings is 1. The molecule has 2 aromatic rings. The Morgan fingerprint density at radius 3 is 2.69 bits per heavy atom. The topological polar surface area (TPSA) is 82.8 Å². The molecular formula is C19H18ClN3O2S. The van der Waals surface area contributed by atoms with E-state index in [-0.39, 0.29) is 17.3 Å². The number of nitrogens with zero attached hydrogens (tertiary/aromatic N) is 2. The van der Waals surface area contributed by atoms with Crippen LogP contribution in [0.1, 0.15) is 41.0 Å². The summed E-state index contributed by atoms with van der Waals surface area (Å²) >= 11 is 7.27. The molecule has 0 aliphatic rings. The van der Waals surface area contributed by atoms with Gasteiger partial charge in [0.15, 0.2) is 5.78 Å². The molecule has 1 amide bonds. The summed E-state index contributed by atoms with van der Waals surface area (Å²) in [6.45, 7) is 5.21. The zero-order chi connectivity index (χ0) is 19.3. The van der Waals surface area contributed by atoms with Gasteiger partial charge < -0.3 is 5.32 Å². The third kappa shape index (κ3) is 4.84. The average Bonchev–Trinajstić information content (AvgIpc) is 2.60. The van der Waals surface area contributed by atoms with Crippen molar-refractivity contribution in [1.82, 2.24) is 10.3 Å². The van der Waals surface area contributed by atoms with E-state index in [1.54, 1.807) is 19.9 Å². The number of hydrogen-bond donors (Lipinski definition) is 1. The maximum absolute atomic E-state index is 12.4. The molecule has 0 radical (unpaired) electrons. The van der Waals surface area contributed by atoms with Gasteiger partial charge in [-0.25, -0.2) is 4.98 Å². The first-order valence-corrected chi connectivity index (χ1v) is 9.19. The van der Waals surface area contributed by atoms with Crippen molar-refractivity contribution < 1.29 is 9.59 Å². The van der Waals surface area contributed by atoms with Gasteiger partial charge in [-0.3, -0.25) is 9.59 Å². The van der Waals surface area contributed by atoms with Crippen LogP contribution < -0.4 is 5.32 Å². The lowest BCUT2D eigenvalue weighted by molar-refractivity contribution is -0.120. The molecule has 0 aliphatic carbocycles. The fourth-order valence-corrected chi connectivity index (χ4v) is 3.45. The first-order chi connectivity index (χ1) is 12.3. The van der Waals surface area contributed by atoms with Crippen LogP contribution in [0.2, 0.25) is 5.02 Å². The second-order valence-electron chi connectivity index (χ2n) is 5.71. The molecule has 1 N–H and O–H groups in total. The van der Waals surface area contributed by atoms with Crippen molar-refractivity contribution in [2.75, 3.05) is 0 Å². The summed E-state index contributed by atoms with van der Waals surface area (Å²) in [6, 6.07) is 10.9. The molecule has 26 heavy (non-hydrogen) atoms. The number of carbonyl (C=O) groups is 2. The molecule has 7 heteroatoms. The van der Waals surface area contributed by atoms with Gasteiger partial charge in [0.25, 0.3) is 0 Å². The predicted molar refractivity (Wildman–Crippen MR) is 102 cm³/mol. The highest BCUT2D eigenvalue weighted by Gasteiger charge is 2.19. The number of pyridine rings is 1. The van der Waals surface area contributed by atoms with Crippen molar-refractivity contribution in [2.24, 2.45) is 0 Å². The number of carbonyl (C=O) groups excluding carboxylic acids is 2. The Morgan fingerprint density at radius 1 is 1.38 bits per heavy atom. The number of thioether (sulfide) groups is 1. The molecule has 0 bridgehead atoms. The van der Waals surface area contributed by atoms with E-state index in [9.17, 15) is 14.9 Å². The maximum atomic E-state index is 12.4. The zero-order valence-electron chi connectivity index (χ0n) is 14.7. The maximum Gasteiger partial charge on any atom is 0.233 e. The number of aromatic nitrogens is 1. The largest absolute Gasteiger partial charge is 0.351 e. The lowest BCUT2D eigenvalue weighted by atomic mass is 10.1. The second-order valence-corrected chi connectivity index (χ2v) is 7.45. The summed E-state index contributed by atoms with van der Waals surface area (Å²) in [7, 11) is 0. The van der Waals surface area contributed by atoms with Crippen LogP contribution in [0.3, 0.4) is 0 Å². The summed E-state index contributed by atoms with van der Waals surface area (Å²) in [5.74, 6) is -0.331. The molecular weight excluding hydrogens is 370 g/mol. The minimum Gasteiger partial charge on any atom is -0.351 e. The summed E-state index contributed by atoms with van der Waals surface area (Å²) < 4.78 is 0. The highest BCUT2D eigenvalue weighted by atomic mass is 35.5. The van der Waals surface area contributed by atoms with E-state index in [4.69, 9.17) is 11.6 Å². The summed E-state index contributed by atoms with van der Waals surface area (Å²) in [5, 5.41) is 12.7. The molecule has 0 saturated carbocycles. The Hall–Kier alpha value is -2.36. The number of nitriles is 1. The van der Waals surface area contributed by atoms with Gasteiger partial charge in [-0.05, 0) is 38.5 Å². The normalized spacial score (nSPS) is 11.5. The molecule has 1 heterocycles. The van der Waals surface area contributed by atoms with Gasteiger partial charge in [0.2, 0.25) is 5.91 Å². The molecule has 1 atom stereocenters. The van der Waals surface area contributed by atoms with Crippen LogP contribution in [0.5, 0.6) is 0 Å². The van der Waals surface area contributed by atoms with Crippen molar-refractivity contribution in [3.63, 3.8) is 0 Å². The van der Waals surface area contributed by atoms with E-state index < -0.39 is 5.25 Å². The quantitative estimate of drug-likeness (QED) is 0.600. The standard InChI is InChI=1S/C19H18ClN3O2S/c1-11-16(12(2)24)8-15(9-21)19(23-11)26-13(3)18(25)22-10-14-6-4-5-7-17(14)20/h4-8,13H,10H2,1-3H3,(H,22,25). The van der Waals surface area contributed by atoms with Crippen molar-refractivity contribution in [1.29, 1.82) is 5.26 Å². The van der Waals surface area contributed by atoms with E-state index in [0.717, 1.165) is 5.56 Å². The van der Waals surface area contributed by atoms with Gasteiger partial charge in [-0.2, -0.15) is 5.26 Å². The van der Waals surface area contributed by atoms with Gasteiger partial charge >= 0.3 is 0 Å². The van der Waals surface area contributed by atoms with Gasteiger partial charge in [-0.1, -0.05) is 41.6 Å². The van der Waals surface area contributed by atoms with Crippen LogP contribution in [0.25, 0.3) is 0 Å². The molecule has 5 nitrogen and oxygen atoms in total. The lowest BCUT2D eigenvalue weighted by Gasteiger charge is -2.14. The van der Waals surface area contributed by atoms with Gasteiger partial charge in [0, 0.05) is 22.8 Å². The minimum absolute atomic E-state index is 0.145. The summed E-state index contributed by atoms with van der Waals surface area (Å²) in [4.78, 5) is 28.3. The molecule has 0 aliphatic heterocycles. The Morgan fingerprint density at radius 2 is 2.08 bits per heavy atom. The van der Waals surface area contributed by atoms with Gasteiger partial charge in [-0.15, -0.1) is 0 Å². The summed E-state index contributed by atoms with van der Waals surface area (Å²) in [5.41, 5.74) is 2.08. The lowest BCUT2D eigenvalue weighted by Crippen LogP contribution is -2.30. The van der Waals surface area contributed by atoms with Crippen LogP contribution in [0.15, 0.2) is 35.4 Å². The Balaban J connectivity index is 2.09. The molecule has 1 aromatic carbocycles. The Labute approximate surface area is 161 Å². The zero-order valence-corrected chi connectivity index (χ0v) is 16.2. The van der Waals surface area contributed by atoms with E-state index in [1.165, 1.54) is 24.8 Å². The third-order valence-electron chi connectivity index (χ3n) is 3.75. The highest BCUT2D eigenvalue weighted by molar-refractivity contribution is 8.00. The summed E-state index contributed by atoms with van der Waals surface area (Å²) in [6.07, 6.45) is 0. The number of Topliss-reactive ketones (excluding diaryl/α,β-unsaturated/α-hetero) is 1. The average molecular weight is 388 g/mol. The first-order valence-electron chi connectivity index (χ1n) is 7.94. The smallest absolute Gasteiger partial charge is 0.233 e. The van der Waals surface area contributed by atoms with E-state index in [2.05, 4.69) is 10.3 Å². The molecule has 134 valence electrons. The first kappa shape index (κ1) is 20.0. The molecule has 0 saturated heterocycles.